The third-order valence-corrected chi connectivity index (χ3v) is 4.17. The molecule has 2 aromatic carbocycles. The molecule has 23 heavy (non-hydrogen) atoms. The molecule has 3 rings (SSSR count). The number of aryl methyl sites for hydroxylation is 1. The SMILES string of the molecule is Cc1ccc(NC(=O)Cc2nc(-c3cccc(F)c3)cs2)cc1. The van der Waals surface area contributed by atoms with Crippen molar-refractivity contribution in [2.75, 3.05) is 5.32 Å². The van der Waals surface area contributed by atoms with E-state index in [1.165, 1.54) is 23.5 Å². The van der Waals surface area contributed by atoms with E-state index in [4.69, 9.17) is 0 Å². The van der Waals surface area contributed by atoms with Gasteiger partial charge in [-0.3, -0.25) is 4.79 Å². The molecule has 1 heterocycles. The van der Waals surface area contributed by atoms with Gasteiger partial charge in [0.1, 0.15) is 10.8 Å². The lowest BCUT2D eigenvalue weighted by atomic mass is 10.2. The third-order valence-electron chi connectivity index (χ3n) is 3.32. The molecule has 0 radical (unpaired) electrons. The van der Waals surface area contributed by atoms with Crippen LogP contribution in [0.25, 0.3) is 11.3 Å². The van der Waals surface area contributed by atoms with Crippen LogP contribution in [0.1, 0.15) is 10.6 Å². The van der Waals surface area contributed by atoms with E-state index >= 15 is 0 Å². The summed E-state index contributed by atoms with van der Waals surface area (Å²) >= 11 is 1.40. The summed E-state index contributed by atoms with van der Waals surface area (Å²) in [4.78, 5) is 16.5. The summed E-state index contributed by atoms with van der Waals surface area (Å²) < 4.78 is 13.3. The van der Waals surface area contributed by atoms with Gasteiger partial charge in [-0.15, -0.1) is 11.3 Å². The van der Waals surface area contributed by atoms with Gasteiger partial charge in [-0.05, 0) is 31.2 Å². The lowest BCUT2D eigenvalue weighted by Crippen LogP contribution is -2.14. The quantitative estimate of drug-likeness (QED) is 0.770. The first-order chi connectivity index (χ1) is 11.1. The number of thiazole rings is 1. The number of rotatable bonds is 4. The highest BCUT2D eigenvalue weighted by Gasteiger charge is 2.10. The van der Waals surface area contributed by atoms with E-state index in [0.717, 1.165) is 11.3 Å². The number of hydrogen-bond donors (Lipinski definition) is 1. The van der Waals surface area contributed by atoms with Crippen molar-refractivity contribution in [1.29, 1.82) is 0 Å². The van der Waals surface area contributed by atoms with Gasteiger partial charge in [0.25, 0.3) is 0 Å². The van der Waals surface area contributed by atoms with E-state index in [-0.39, 0.29) is 18.1 Å². The third kappa shape index (κ3) is 4.02. The van der Waals surface area contributed by atoms with Crippen LogP contribution >= 0.6 is 11.3 Å². The van der Waals surface area contributed by atoms with Gasteiger partial charge in [-0.1, -0.05) is 29.8 Å². The molecule has 1 N–H and O–H groups in total. The molecule has 0 saturated heterocycles. The highest BCUT2D eigenvalue weighted by atomic mass is 32.1. The minimum Gasteiger partial charge on any atom is -0.326 e. The fourth-order valence-corrected chi connectivity index (χ4v) is 2.95. The van der Waals surface area contributed by atoms with E-state index < -0.39 is 0 Å². The molecular formula is C18H15FN2OS. The molecule has 0 aliphatic heterocycles. The van der Waals surface area contributed by atoms with Gasteiger partial charge >= 0.3 is 0 Å². The first-order valence-electron chi connectivity index (χ1n) is 7.17. The Morgan fingerprint density at radius 2 is 2.00 bits per heavy atom. The van der Waals surface area contributed by atoms with Crippen LogP contribution in [0.4, 0.5) is 10.1 Å². The Morgan fingerprint density at radius 3 is 2.74 bits per heavy atom. The minimum atomic E-state index is -0.297. The minimum absolute atomic E-state index is 0.117. The van der Waals surface area contributed by atoms with Crippen molar-refractivity contribution in [3.05, 3.63) is 70.3 Å². The number of anilines is 1. The second-order valence-electron chi connectivity index (χ2n) is 5.23. The van der Waals surface area contributed by atoms with Crippen LogP contribution < -0.4 is 5.32 Å². The van der Waals surface area contributed by atoms with Gasteiger partial charge in [0.15, 0.2) is 0 Å². The summed E-state index contributed by atoms with van der Waals surface area (Å²) in [5.74, 6) is -0.414. The van der Waals surface area contributed by atoms with Crippen molar-refractivity contribution in [3.63, 3.8) is 0 Å². The van der Waals surface area contributed by atoms with Gasteiger partial charge in [-0.2, -0.15) is 0 Å². The first kappa shape index (κ1) is 15.4. The smallest absolute Gasteiger partial charge is 0.231 e. The van der Waals surface area contributed by atoms with E-state index in [1.54, 1.807) is 12.1 Å². The molecule has 3 aromatic rings. The lowest BCUT2D eigenvalue weighted by molar-refractivity contribution is -0.115. The van der Waals surface area contributed by atoms with Crippen LogP contribution in [0, 0.1) is 12.7 Å². The summed E-state index contributed by atoms with van der Waals surface area (Å²) in [5.41, 5.74) is 3.31. The second kappa shape index (κ2) is 6.71. The number of aromatic nitrogens is 1. The number of nitrogens with one attached hydrogen (secondary N) is 1. The summed E-state index contributed by atoms with van der Waals surface area (Å²) in [5, 5.41) is 5.38. The van der Waals surface area contributed by atoms with Gasteiger partial charge < -0.3 is 5.32 Å². The Balaban J connectivity index is 1.66. The normalized spacial score (nSPS) is 10.5. The summed E-state index contributed by atoms with van der Waals surface area (Å²) in [6, 6.07) is 13.9. The number of hydrogen-bond acceptors (Lipinski definition) is 3. The Bertz CT molecular complexity index is 827. The predicted molar refractivity (Wildman–Crippen MR) is 91.0 cm³/mol. The Morgan fingerprint density at radius 1 is 1.22 bits per heavy atom. The molecule has 3 nitrogen and oxygen atoms in total. The summed E-state index contributed by atoms with van der Waals surface area (Å²) in [6.45, 7) is 2.00. The van der Waals surface area contributed by atoms with Crippen LogP contribution in [0.15, 0.2) is 53.9 Å². The molecule has 0 aliphatic rings. The molecule has 0 fully saturated rings. The zero-order valence-corrected chi connectivity index (χ0v) is 13.4. The van der Waals surface area contributed by atoms with E-state index in [2.05, 4.69) is 10.3 Å². The highest BCUT2D eigenvalue weighted by molar-refractivity contribution is 7.10. The van der Waals surface area contributed by atoms with Gasteiger partial charge in [-0.25, -0.2) is 9.37 Å². The van der Waals surface area contributed by atoms with Crippen LogP contribution in [-0.2, 0) is 11.2 Å². The fourth-order valence-electron chi connectivity index (χ4n) is 2.15. The van der Waals surface area contributed by atoms with E-state index in [0.29, 0.717) is 16.3 Å². The molecule has 0 spiro atoms. The molecule has 116 valence electrons. The second-order valence-corrected chi connectivity index (χ2v) is 6.17. The number of amides is 1. The lowest BCUT2D eigenvalue weighted by Gasteiger charge is -2.04. The standard InChI is InChI=1S/C18H15FN2OS/c1-12-5-7-15(8-6-12)20-17(22)10-18-21-16(11-23-18)13-3-2-4-14(19)9-13/h2-9,11H,10H2,1H3,(H,20,22). The maximum absolute atomic E-state index is 13.3. The summed E-state index contributed by atoms with van der Waals surface area (Å²) in [7, 11) is 0. The van der Waals surface area contributed by atoms with Crippen molar-refractivity contribution in [1.82, 2.24) is 4.98 Å². The van der Waals surface area contributed by atoms with E-state index in [1.807, 2.05) is 36.6 Å². The number of nitrogens with zero attached hydrogens (tertiary/aromatic N) is 1. The average molecular weight is 326 g/mol. The molecule has 0 atom stereocenters. The van der Waals surface area contributed by atoms with Crippen molar-refractivity contribution in [2.24, 2.45) is 0 Å². The van der Waals surface area contributed by atoms with Gasteiger partial charge in [0, 0.05) is 16.6 Å². The van der Waals surface area contributed by atoms with Crippen LogP contribution in [0.2, 0.25) is 0 Å². The summed E-state index contributed by atoms with van der Waals surface area (Å²) in [6.07, 6.45) is 0.202. The molecule has 1 aromatic heterocycles. The predicted octanol–water partition coefficient (Wildman–Crippen LogP) is 4.44. The van der Waals surface area contributed by atoms with Crippen molar-refractivity contribution >= 4 is 22.9 Å². The maximum atomic E-state index is 13.3. The Hall–Kier alpha value is -2.53. The van der Waals surface area contributed by atoms with Gasteiger partial charge in [0.2, 0.25) is 5.91 Å². The van der Waals surface area contributed by atoms with Crippen LogP contribution in [0.3, 0.4) is 0 Å². The zero-order chi connectivity index (χ0) is 16.2. The largest absolute Gasteiger partial charge is 0.326 e. The fraction of sp³-hybridized carbons (Fsp3) is 0.111. The number of carbonyl (C=O) groups excluding carboxylic acids is 1. The Kier molecular flexibility index (Phi) is 4.48. The van der Waals surface area contributed by atoms with Crippen LogP contribution in [-0.4, -0.2) is 10.9 Å². The zero-order valence-electron chi connectivity index (χ0n) is 12.5. The first-order valence-corrected chi connectivity index (χ1v) is 8.05. The molecular weight excluding hydrogens is 311 g/mol. The van der Waals surface area contributed by atoms with E-state index in [9.17, 15) is 9.18 Å². The number of halogens is 1. The van der Waals surface area contributed by atoms with Crippen LogP contribution in [0.5, 0.6) is 0 Å². The molecule has 5 heteroatoms. The van der Waals surface area contributed by atoms with Crippen molar-refractivity contribution < 1.29 is 9.18 Å². The van der Waals surface area contributed by atoms with Crippen molar-refractivity contribution in [2.45, 2.75) is 13.3 Å². The monoisotopic (exact) mass is 326 g/mol. The van der Waals surface area contributed by atoms with Crippen molar-refractivity contribution in [3.8, 4) is 11.3 Å². The molecule has 1 amide bonds. The number of carbonyl (C=O) groups is 1. The maximum Gasteiger partial charge on any atom is 0.231 e. The topological polar surface area (TPSA) is 42.0 Å². The molecule has 0 saturated carbocycles. The molecule has 0 aliphatic carbocycles. The molecule has 0 unspecified atom stereocenters. The number of benzene rings is 2. The average Bonchev–Trinajstić information content (AvgIpc) is 2.98. The molecule has 0 bridgehead atoms. The highest BCUT2D eigenvalue weighted by Crippen LogP contribution is 2.23. The Labute approximate surface area is 137 Å². The van der Waals surface area contributed by atoms with Gasteiger partial charge in [0.05, 0.1) is 12.1 Å².